The molecule has 2 aromatic carbocycles. The van der Waals surface area contributed by atoms with Gasteiger partial charge in [0.05, 0.1) is 12.1 Å². The number of carboxylic acids is 1. The number of rotatable bonds is 7. The molecule has 5 heteroatoms. The quantitative estimate of drug-likeness (QED) is 0.490. The van der Waals surface area contributed by atoms with Crippen LogP contribution in [-0.2, 0) is 13.0 Å². The van der Waals surface area contributed by atoms with E-state index in [1.165, 1.54) is 19.3 Å². The highest BCUT2D eigenvalue weighted by Gasteiger charge is 2.20. The Hall–Kier alpha value is -3.34. The molecule has 3 aromatic rings. The molecule has 32 heavy (non-hydrogen) atoms. The van der Waals surface area contributed by atoms with E-state index >= 15 is 0 Å². The van der Waals surface area contributed by atoms with Gasteiger partial charge in [0.1, 0.15) is 0 Å². The molecular weight excluding hydrogens is 400 g/mol. The third-order valence-corrected chi connectivity index (χ3v) is 6.38. The van der Waals surface area contributed by atoms with Gasteiger partial charge in [0.2, 0.25) is 0 Å². The zero-order valence-corrected chi connectivity index (χ0v) is 18.5. The van der Waals surface area contributed by atoms with E-state index in [2.05, 4.69) is 12.3 Å². The molecule has 1 heterocycles. The van der Waals surface area contributed by atoms with Crippen LogP contribution in [0, 0.1) is 0 Å². The van der Waals surface area contributed by atoms with Gasteiger partial charge in [-0.25, -0.2) is 9.59 Å². The molecule has 166 valence electrons. The molecule has 1 aliphatic carbocycles. The fourth-order valence-electron chi connectivity index (χ4n) is 4.63. The second kappa shape index (κ2) is 9.86. The topological polar surface area (TPSA) is 64.2 Å². The zero-order chi connectivity index (χ0) is 22.5. The number of hydrogen-bond acceptors (Lipinski definition) is 2. The molecule has 0 atom stereocenters. The maximum absolute atomic E-state index is 13.3. The third kappa shape index (κ3) is 4.62. The van der Waals surface area contributed by atoms with Crippen LogP contribution in [0.4, 0.5) is 0 Å². The van der Waals surface area contributed by atoms with Crippen LogP contribution in [0.25, 0.3) is 11.1 Å². The Morgan fingerprint density at radius 3 is 2.47 bits per heavy atom. The Bertz CT molecular complexity index is 1160. The predicted octanol–water partition coefficient (Wildman–Crippen LogP) is 5.69. The number of carbonyl (C=O) groups is 1. The number of aromatic nitrogens is 2. The average Bonchev–Trinajstić information content (AvgIpc) is 3.14. The first-order valence-corrected chi connectivity index (χ1v) is 11.4. The molecule has 5 nitrogen and oxygen atoms in total. The summed E-state index contributed by atoms with van der Waals surface area (Å²) in [5, 5.41) is 9.47. The first-order valence-electron chi connectivity index (χ1n) is 11.4. The molecule has 0 unspecified atom stereocenters. The third-order valence-electron chi connectivity index (χ3n) is 6.38. The molecule has 4 rings (SSSR count). The molecule has 0 bridgehead atoms. The van der Waals surface area contributed by atoms with Crippen molar-refractivity contribution in [1.29, 1.82) is 0 Å². The van der Waals surface area contributed by atoms with E-state index in [-0.39, 0.29) is 11.3 Å². The van der Waals surface area contributed by atoms with Crippen LogP contribution >= 0.6 is 0 Å². The first kappa shape index (κ1) is 21.9. The van der Waals surface area contributed by atoms with Crippen molar-refractivity contribution in [1.82, 2.24) is 9.13 Å². The minimum absolute atomic E-state index is 0.0664. The van der Waals surface area contributed by atoms with Gasteiger partial charge < -0.3 is 5.11 Å². The Kier molecular flexibility index (Phi) is 6.74. The van der Waals surface area contributed by atoms with Gasteiger partial charge >= 0.3 is 11.7 Å². The Balaban J connectivity index is 1.63. The van der Waals surface area contributed by atoms with Gasteiger partial charge in [0, 0.05) is 24.4 Å². The lowest BCUT2D eigenvalue weighted by Gasteiger charge is -2.22. The lowest BCUT2D eigenvalue weighted by atomic mass is 9.95. The van der Waals surface area contributed by atoms with Gasteiger partial charge in [-0.05, 0) is 42.5 Å². The highest BCUT2D eigenvalue weighted by Crippen LogP contribution is 2.28. The molecule has 0 aliphatic heterocycles. The minimum Gasteiger partial charge on any atom is -0.478 e. The van der Waals surface area contributed by atoms with Crippen molar-refractivity contribution in [2.24, 2.45) is 0 Å². The van der Waals surface area contributed by atoms with Crippen molar-refractivity contribution >= 4 is 5.97 Å². The fourth-order valence-corrected chi connectivity index (χ4v) is 4.63. The average molecular weight is 431 g/mol. The fraction of sp³-hybridized carbons (Fsp3) is 0.333. The summed E-state index contributed by atoms with van der Waals surface area (Å²) >= 11 is 0. The van der Waals surface area contributed by atoms with Crippen LogP contribution in [0.5, 0.6) is 0 Å². The standard InChI is InChI=1S/C27H30N2O3/c1-2-3-9-23-19-29(22-10-5-4-6-11-22)27(32)28(23)18-20-14-16-21(17-15-20)24-12-7-8-13-25(24)26(30)31/h2-3,7-8,12-17,19,22H,4-6,9-11,18H2,1H3,(H,30,31). The molecule has 1 aromatic heterocycles. The van der Waals surface area contributed by atoms with E-state index < -0.39 is 5.97 Å². The van der Waals surface area contributed by atoms with E-state index in [4.69, 9.17) is 0 Å². The van der Waals surface area contributed by atoms with Gasteiger partial charge in [0.15, 0.2) is 0 Å². The van der Waals surface area contributed by atoms with Crippen LogP contribution in [0.15, 0.2) is 71.7 Å². The predicted molar refractivity (Wildman–Crippen MR) is 127 cm³/mol. The molecule has 1 fully saturated rings. The van der Waals surface area contributed by atoms with Crippen molar-refractivity contribution < 1.29 is 9.90 Å². The summed E-state index contributed by atoms with van der Waals surface area (Å²) in [5.74, 6) is -0.936. The lowest BCUT2D eigenvalue weighted by molar-refractivity contribution is 0.0697. The van der Waals surface area contributed by atoms with E-state index in [0.29, 0.717) is 18.2 Å². The first-order chi connectivity index (χ1) is 15.6. The number of carboxylic acid groups (broad SMARTS) is 1. The minimum atomic E-state index is -0.936. The molecule has 0 saturated heterocycles. The summed E-state index contributed by atoms with van der Waals surface area (Å²) in [7, 11) is 0. The second-order valence-electron chi connectivity index (χ2n) is 8.51. The maximum Gasteiger partial charge on any atom is 0.336 e. The summed E-state index contributed by atoms with van der Waals surface area (Å²) in [6, 6.07) is 15.2. The van der Waals surface area contributed by atoms with Gasteiger partial charge in [-0.15, -0.1) is 0 Å². The van der Waals surface area contributed by atoms with Gasteiger partial charge in [-0.2, -0.15) is 0 Å². The summed E-state index contributed by atoms with van der Waals surface area (Å²) in [6.07, 6.45) is 12.7. The summed E-state index contributed by atoms with van der Waals surface area (Å²) < 4.78 is 3.84. The SMILES string of the molecule is CC=CCc1cn(C2CCCCC2)c(=O)n1Cc1ccc(-c2ccccc2C(=O)O)cc1. The number of allylic oxidation sites excluding steroid dienone is 2. The van der Waals surface area contributed by atoms with Crippen molar-refractivity contribution in [3.8, 4) is 11.1 Å². The van der Waals surface area contributed by atoms with Crippen molar-refractivity contribution in [3.05, 3.63) is 94.2 Å². The molecule has 1 saturated carbocycles. The van der Waals surface area contributed by atoms with E-state index in [9.17, 15) is 14.7 Å². The number of aromatic carboxylic acids is 1. The van der Waals surface area contributed by atoms with Gasteiger partial charge in [-0.1, -0.05) is 73.9 Å². The number of hydrogen-bond donors (Lipinski definition) is 1. The molecule has 1 aliphatic rings. The molecule has 0 spiro atoms. The van der Waals surface area contributed by atoms with Crippen molar-refractivity contribution in [2.45, 2.75) is 58.0 Å². The summed E-state index contributed by atoms with van der Waals surface area (Å²) in [5.41, 5.74) is 3.95. The smallest absolute Gasteiger partial charge is 0.336 e. The Morgan fingerprint density at radius 1 is 1.06 bits per heavy atom. The van der Waals surface area contributed by atoms with Crippen LogP contribution in [-0.4, -0.2) is 20.2 Å². The van der Waals surface area contributed by atoms with Crippen LogP contribution in [0.1, 0.15) is 66.7 Å². The lowest BCUT2D eigenvalue weighted by Crippen LogP contribution is -2.29. The molecule has 1 N–H and O–H groups in total. The number of benzene rings is 2. The van der Waals surface area contributed by atoms with E-state index in [0.717, 1.165) is 36.1 Å². The van der Waals surface area contributed by atoms with Crippen LogP contribution < -0.4 is 5.69 Å². The molecule has 0 amide bonds. The normalized spacial score (nSPS) is 14.8. The largest absolute Gasteiger partial charge is 0.478 e. The van der Waals surface area contributed by atoms with Crippen LogP contribution in [0.2, 0.25) is 0 Å². The van der Waals surface area contributed by atoms with Crippen molar-refractivity contribution in [3.63, 3.8) is 0 Å². The second-order valence-corrected chi connectivity index (χ2v) is 8.51. The van der Waals surface area contributed by atoms with E-state index in [1.54, 1.807) is 12.1 Å². The van der Waals surface area contributed by atoms with Gasteiger partial charge in [-0.3, -0.25) is 9.13 Å². The zero-order valence-electron chi connectivity index (χ0n) is 18.5. The van der Waals surface area contributed by atoms with Crippen molar-refractivity contribution in [2.75, 3.05) is 0 Å². The molecular formula is C27H30N2O3. The monoisotopic (exact) mass is 430 g/mol. The highest BCUT2D eigenvalue weighted by atomic mass is 16.4. The summed E-state index contributed by atoms with van der Waals surface area (Å²) in [6.45, 7) is 2.50. The van der Waals surface area contributed by atoms with Crippen LogP contribution in [0.3, 0.4) is 0 Å². The van der Waals surface area contributed by atoms with E-state index in [1.807, 2.05) is 58.5 Å². The highest BCUT2D eigenvalue weighted by molar-refractivity contribution is 5.95. The maximum atomic E-state index is 13.3. The molecule has 0 radical (unpaired) electrons. The Morgan fingerprint density at radius 2 is 1.78 bits per heavy atom. The Labute approximate surface area is 188 Å². The van der Waals surface area contributed by atoms with Gasteiger partial charge in [0.25, 0.3) is 0 Å². The number of nitrogens with zero attached hydrogens (tertiary/aromatic N) is 2. The number of imidazole rings is 1. The summed E-state index contributed by atoms with van der Waals surface area (Å²) in [4.78, 5) is 24.9.